The fraction of sp³-hybridized carbons (Fsp3) is 0.182. The highest BCUT2D eigenvalue weighted by Gasteiger charge is 2.09. The van der Waals surface area contributed by atoms with Crippen molar-refractivity contribution in [2.24, 2.45) is 0 Å². The van der Waals surface area contributed by atoms with Gasteiger partial charge in [0.15, 0.2) is 0 Å². The first-order chi connectivity index (χ1) is 6.84. The van der Waals surface area contributed by atoms with E-state index in [1.165, 1.54) is 5.57 Å². The smallest absolute Gasteiger partial charge is 0.338 e. The summed E-state index contributed by atoms with van der Waals surface area (Å²) in [6.45, 7) is 7.50. The quantitative estimate of drug-likeness (QED) is 0.728. The average Bonchev–Trinajstić information content (AvgIpc) is 2.01. The lowest BCUT2D eigenvalue weighted by Crippen LogP contribution is -2.00. The maximum absolute atomic E-state index is 12.5. The van der Waals surface area contributed by atoms with E-state index < -0.39 is 23.2 Å². The summed E-state index contributed by atoms with van der Waals surface area (Å²) in [6.07, 6.45) is 0. The largest absolute Gasteiger partial charge is 0.478 e. The summed E-state index contributed by atoms with van der Waals surface area (Å²) in [4.78, 5) is 10.2. The first kappa shape index (κ1) is 13.3. The van der Waals surface area contributed by atoms with Crippen LogP contribution in [0.1, 0.15) is 24.2 Å². The van der Waals surface area contributed by atoms with Crippen molar-refractivity contribution in [3.63, 3.8) is 0 Å². The summed E-state index contributed by atoms with van der Waals surface area (Å²) < 4.78 is 24.7. The average molecular weight is 214 g/mol. The Kier molecular flexibility index (Phi) is 5.23. The molecule has 0 aliphatic rings. The second-order valence-electron chi connectivity index (χ2n) is 3.14. The van der Waals surface area contributed by atoms with Gasteiger partial charge < -0.3 is 5.11 Å². The van der Waals surface area contributed by atoms with Crippen molar-refractivity contribution < 1.29 is 18.7 Å². The van der Waals surface area contributed by atoms with Gasteiger partial charge in [-0.25, -0.2) is 13.6 Å². The van der Waals surface area contributed by atoms with Crippen LogP contribution in [0.4, 0.5) is 8.78 Å². The minimum absolute atomic E-state index is 0.522. The zero-order valence-corrected chi connectivity index (χ0v) is 8.55. The van der Waals surface area contributed by atoms with Crippen molar-refractivity contribution in [2.75, 3.05) is 0 Å². The molecule has 0 amide bonds. The predicted molar refractivity (Wildman–Crippen MR) is 53.8 cm³/mol. The second kappa shape index (κ2) is 5.90. The zero-order chi connectivity index (χ0) is 12.0. The molecule has 0 atom stereocenters. The molecule has 0 radical (unpaired) electrons. The van der Waals surface area contributed by atoms with Gasteiger partial charge in [-0.3, -0.25) is 0 Å². The summed E-state index contributed by atoms with van der Waals surface area (Å²) in [7, 11) is 0. The molecule has 1 aromatic carbocycles. The molecule has 0 aromatic heterocycles. The number of rotatable bonds is 1. The fourth-order valence-corrected chi connectivity index (χ4v) is 0.663. The zero-order valence-electron chi connectivity index (χ0n) is 8.55. The van der Waals surface area contributed by atoms with E-state index >= 15 is 0 Å². The minimum Gasteiger partial charge on any atom is -0.478 e. The predicted octanol–water partition coefficient (Wildman–Crippen LogP) is 3.25. The van der Waals surface area contributed by atoms with Gasteiger partial charge in [0.05, 0.1) is 5.56 Å². The summed E-state index contributed by atoms with van der Waals surface area (Å²) in [6, 6.07) is 2.31. The number of hydrogen-bond acceptors (Lipinski definition) is 1. The summed E-state index contributed by atoms with van der Waals surface area (Å²) in [5.74, 6) is -3.24. The van der Waals surface area contributed by atoms with Crippen LogP contribution >= 0.6 is 0 Å². The third kappa shape index (κ3) is 5.57. The van der Waals surface area contributed by atoms with E-state index in [9.17, 15) is 13.6 Å². The van der Waals surface area contributed by atoms with Gasteiger partial charge >= 0.3 is 5.97 Å². The molecule has 0 saturated carbocycles. The highest BCUT2D eigenvalue weighted by atomic mass is 19.1. The Morgan fingerprint density at radius 3 is 2.13 bits per heavy atom. The van der Waals surface area contributed by atoms with Crippen LogP contribution in [0.2, 0.25) is 0 Å². The molecule has 0 bridgehead atoms. The molecule has 15 heavy (non-hydrogen) atoms. The van der Waals surface area contributed by atoms with E-state index in [0.29, 0.717) is 6.07 Å². The molecule has 1 N–H and O–H groups in total. The van der Waals surface area contributed by atoms with Crippen molar-refractivity contribution in [2.45, 2.75) is 13.8 Å². The van der Waals surface area contributed by atoms with E-state index in [2.05, 4.69) is 6.58 Å². The maximum Gasteiger partial charge on any atom is 0.338 e. The van der Waals surface area contributed by atoms with Crippen molar-refractivity contribution in [1.29, 1.82) is 0 Å². The lowest BCUT2D eigenvalue weighted by molar-refractivity contribution is 0.0692. The van der Waals surface area contributed by atoms with Crippen LogP contribution < -0.4 is 0 Å². The summed E-state index contributed by atoms with van der Waals surface area (Å²) in [5, 5.41) is 8.29. The number of halogens is 2. The lowest BCUT2D eigenvalue weighted by Gasteiger charge is -1.94. The van der Waals surface area contributed by atoms with Crippen LogP contribution in [-0.2, 0) is 0 Å². The molecular weight excluding hydrogens is 202 g/mol. The molecule has 0 unspecified atom stereocenters. The lowest BCUT2D eigenvalue weighted by atomic mass is 10.2. The van der Waals surface area contributed by atoms with Gasteiger partial charge in [-0.1, -0.05) is 5.57 Å². The van der Waals surface area contributed by atoms with Crippen molar-refractivity contribution in [3.05, 3.63) is 47.5 Å². The van der Waals surface area contributed by atoms with Crippen LogP contribution in [0.15, 0.2) is 30.4 Å². The molecule has 4 heteroatoms. The van der Waals surface area contributed by atoms with Gasteiger partial charge in [0.2, 0.25) is 0 Å². The molecule has 0 aliphatic heterocycles. The standard InChI is InChI=1S/C7H4F2O2.C4H8/c8-4-1-2-5(7(10)11)6(9)3-4;1-4(2)3/h1-3H,(H,10,11);1H2,2-3H3. The van der Waals surface area contributed by atoms with Crippen LogP contribution in [0, 0.1) is 11.6 Å². The monoisotopic (exact) mass is 214 g/mol. The third-order valence-corrected chi connectivity index (χ3v) is 1.16. The van der Waals surface area contributed by atoms with Gasteiger partial charge in [0.25, 0.3) is 0 Å². The van der Waals surface area contributed by atoms with Gasteiger partial charge in [-0.15, -0.1) is 6.58 Å². The number of carbonyl (C=O) groups is 1. The van der Waals surface area contributed by atoms with Gasteiger partial charge in [-0.05, 0) is 26.0 Å². The molecule has 0 fully saturated rings. The number of hydrogen-bond donors (Lipinski definition) is 1. The summed E-state index contributed by atoms with van der Waals surface area (Å²) >= 11 is 0. The van der Waals surface area contributed by atoms with Crippen LogP contribution in [0.3, 0.4) is 0 Å². The first-order valence-electron chi connectivity index (χ1n) is 4.15. The fourth-order valence-electron chi connectivity index (χ4n) is 0.663. The molecule has 0 aliphatic carbocycles. The highest BCUT2D eigenvalue weighted by Crippen LogP contribution is 2.08. The molecule has 0 heterocycles. The Labute approximate surface area is 86.9 Å². The Bertz CT molecular complexity index is 369. The van der Waals surface area contributed by atoms with E-state index in [1.807, 2.05) is 13.8 Å². The Morgan fingerprint density at radius 1 is 1.33 bits per heavy atom. The van der Waals surface area contributed by atoms with Crippen LogP contribution in [-0.4, -0.2) is 11.1 Å². The molecule has 0 spiro atoms. The maximum atomic E-state index is 12.5. The van der Waals surface area contributed by atoms with Crippen molar-refractivity contribution in [3.8, 4) is 0 Å². The van der Waals surface area contributed by atoms with Crippen LogP contribution in [0.5, 0.6) is 0 Å². The van der Waals surface area contributed by atoms with Gasteiger partial charge in [-0.2, -0.15) is 0 Å². The topological polar surface area (TPSA) is 37.3 Å². The molecule has 0 saturated heterocycles. The third-order valence-electron chi connectivity index (χ3n) is 1.16. The van der Waals surface area contributed by atoms with Gasteiger partial charge in [0.1, 0.15) is 11.6 Å². The molecule has 2 nitrogen and oxygen atoms in total. The van der Waals surface area contributed by atoms with Gasteiger partial charge in [0, 0.05) is 6.07 Å². The number of carboxylic acid groups (broad SMARTS) is 1. The molecule has 1 aromatic rings. The van der Waals surface area contributed by atoms with E-state index in [0.717, 1.165) is 12.1 Å². The second-order valence-corrected chi connectivity index (χ2v) is 3.14. The number of aromatic carboxylic acids is 1. The van der Waals surface area contributed by atoms with E-state index in [-0.39, 0.29) is 0 Å². The minimum atomic E-state index is -1.40. The summed E-state index contributed by atoms with van der Waals surface area (Å²) in [5.41, 5.74) is 0.645. The Morgan fingerprint density at radius 2 is 1.80 bits per heavy atom. The van der Waals surface area contributed by atoms with E-state index in [1.54, 1.807) is 0 Å². The Balaban J connectivity index is 0.000000423. The number of allylic oxidation sites excluding steroid dienone is 1. The molecular formula is C11H12F2O2. The SMILES string of the molecule is C=C(C)C.O=C(O)c1ccc(F)cc1F. The van der Waals surface area contributed by atoms with E-state index in [4.69, 9.17) is 5.11 Å². The molecule has 1 rings (SSSR count). The molecule has 82 valence electrons. The number of carboxylic acids is 1. The Hall–Kier alpha value is -1.71. The van der Waals surface area contributed by atoms with Crippen LogP contribution in [0.25, 0.3) is 0 Å². The van der Waals surface area contributed by atoms with Crippen molar-refractivity contribution in [1.82, 2.24) is 0 Å². The van der Waals surface area contributed by atoms with Crippen molar-refractivity contribution >= 4 is 5.97 Å². The first-order valence-corrected chi connectivity index (χ1v) is 4.15. The number of benzene rings is 1. The highest BCUT2D eigenvalue weighted by molar-refractivity contribution is 5.87. The normalized spacial score (nSPS) is 8.80.